The molecule has 24 heavy (non-hydrogen) atoms. The number of hydrogen-bond donors (Lipinski definition) is 1. The first-order valence-corrected chi connectivity index (χ1v) is 7.20. The van der Waals surface area contributed by atoms with E-state index < -0.39 is 5.97 Å². The topological polar surface area (TPSA) is 89.6 Å². The summed E-state index contributed by atoms with van der Waals surface area (Å²) in [6, 6.07) is 13.1. The molecule has 0 fully saturated rings. The number of pyridine rings is 2. The number of carbonyl (C=O) groups is 1. The highest BCUT2D eigenvalue weighted by atomic mass is 16.5. The lowest BCUT2D eigenvalue weighted by molar-refractivity contribution is 0.0587. The molecule has 0 radical (unpaired) electrons. The summed E-state index contributed by atoms with van der Waals surface area (Å²) in [6.07, 6.45) is 1.30. The molecule has 3 heterocycles. The van der Waals surface area contributed by atoms with E-state index in [4.69, 9.17) is 4.74 Å². The molecule has 7 nitrogen and oxygen atoms in total. The lowest BCUT2D eigenvalue weighted by Gasteiger charge is -2.10. The van der Waals surface area contributed by atoms with E-state index in [2.05, 4.69) is 15.1 Å². The number of carbonyl (C=O) groups excluding carboxylic acids is 1. The Bertz CT molecular complexity index is 1070. The molecule has 7 heteroatoms. The van der Waals surface area contributed by atoms with Crippen molar-refractivity contribution in [3.8, 4) is 17.0 Å². The van der Waals surface area contributed by atoms with E-state index in [1.807, 2.05) is 30.3 Å². The zero-order valence-electron chi connectivity index (χ0n) is 12.7. The van der Waals surface area contributed by atoms with Gasteiger partial charge in [0.15, 0.2) is 17.1 Å². The summed E-state index contributed by atoms with van der Waals surface area (Å²) in [6.45, 7) is 0. The van der Waals surface area contributed by atoms with Crippen LogP contribution in [-0.2, 0) is 4.74 Å². The Balaban J connectivity index is 2.07. The maximum absolute atomic E-state index is 12.0. The Morgan fingerprint density at radius 2 is 1.96 bits per heavy atom. The fraction of sp³-hybridized carbons (Fsp3) is 0.0588. The molecule has 0 amide bonds. The van der Waals surface area contributed by atoms with E-state index in [9.17, 15) is 9.90 Å². The molecule has 4 rings (SSSR count). The van der Waals surface area contributed by atoms with E-state index in [0.29, 0.717) is 16.6 Å². The van der Waals surface area contributed by atoms with Crippen LogP contribution in [0.1, 0.15) is 10.5 Å². The van der Waals surface area contributed by atoms with Crippen LogP contribution in [0.5, 0.6) is 5.75 Å². The van der Waals surface area contributed by atoms with Crippen LogP contribution >= 0.6 is 0 Å². The lowest BCUT2D eigenvalue weighted by atomic mass is 10.1. The molecule has 1 N–H and O–H groups in total. The van der Waals surface area contributed by atoms with E-state index in [1.165, 1.54) is 18.0 Å². The predicted octanol–water partition coefficient (Wildman–Crippen LogP) is 2.44. The lowest BCUT2D eigenvalue weighted by Crippen LogP contribution is -2.10. The Morgan fingerprint density at radius 3 is 2.71 bits per heavy atom. The van der Waals surface area contributed by atoms with E-state index in [0.717, 1.165) is 11.3 Å². The van der Waals surface area contributed by atoms with Crippen LogP contribution in [0.4, 0.5) is 0 Å². The van der Waals surface area contributed by atoms with Crippen LogP contribution in [0.2, 0.25) is 0 Å². The van der Waals surface area contributed by atoms with Crippen LogP contribution < -0.4 is 0 Å². The van der Waals surface area contributed by atoms with E-state index in [-0.39, 0.29) is 11.4 Å². The van der Waals surface area contributed by atoms with Crippen LogP contribution in [0, 0.1) is 0 Å². The fourth-order valence-corrected chi connectivity index (χ4v) is 2.66. The van der Waals surface area contributed by atoms with Gasteiger partial charge in [-0.05, 0) is 12.1 Å². The van der Waals surface area contributed by atoms with Gasteiger partial charge in [-0.25, -0.2) is 19.3 Å². The Morgan fingerprint density at radius 1 is 1.17 bits per heavy atom. The normalized spacial score (nSPS) is 11.0. The van der Waals surface area contributed by atoms with E-state index >= 15 is 0 Å². The minimum atomic E-state index is -0.697. The van der Waals surface area contributed by atoms with Crippen LogP contribution in [0.3, 0.4) is 0 Å². The van der Waals surface area contributed by atoms with Gasteiger partial charge in [-0.15, -0.1) is 0 Å². The molecule has 3 aromatic heterocycles. The van der Waals surface area contributed by atoms with Crippen molar-refractivity contribution in [1.29, 1.82) is 0 Å². The van der Waals surface area contributed by atoms with Gasteiger partial charge >= 0.3 is 5.97 Å². The highest BCUT2D eigenvalue weighted by Crippen LogP contribution is 2.32. The first-order valence-electron chi connectivity index (χ1n) is 7.20. The molecular formula is C17H12N4O3. The van der Waals surface area contributed by atoms with Crippen molar-refractivity contribution in [1.82, 2.24) is 19.6 Å². The average Bonchev–Trinajstić information content (AvgIpc) is 3.11. The summed E-state index contributed by atoms with van der Waals surface area (Å²) >= 11 is 0. The van der Waals surface area contributed by atoms with Crippen molar-refractivity contribution in [3.05, 3.63) is 54.5 Å². The number of benzene rings is 1. The van der Waals surface area contributed by atoms with Gasteiger partial charge in [0.1, 0.15) is 11.8 Å². The first kappa shape index (κ1) is 14.1. The molecule has 0 bridgehead atoms. The number of esters is 1. The minimum absolute atomic E-state index is 0.0771. The molecule has 0 atom stereocenters. The summed E-state index contributed by atoms with van der Waals surface area (Å²) in [5.41, 5.74) is 2.43. The maximum atomic E-state index is 12.0. The van der Waals surface area contributed by atoms with Crippen molar-refractivity contribution in [2.45, 2.75) is 0 Å². The molecule has 0 aliphatic carbocycles. The first-order chi connectivity index (χ1) is 11.7. The van der Waals surface area contributed by atoms with Gasteiger partial charge in [0, 0.05) is 10.9 Å². The zero-order chi connectivity index (χ0) is 16.7. The molecular weight excluding hydrogens is 308 g/mol. The number of fused-ring (bicyclic) bond motifs is 3. The third kappa shape index (κ3) is 1.98. The van der Waals surface area contributed by atoms with Crippen molar-refractivity contribution < 1.29 is 14.6 Å². The number of hydrogen-bond acceptors (Lipinski definition) is 6. The summed E-state index contributed by atoms with van der Waals surface area (Å²) in [7, 11) is 1.24. The number of methoxy groups -OCH3 is 1. The molecule has 0 unspecified atom stereocenters. The van der Waals surface area contributed by atoms with Crippen molar-refractivity contribution in [2.75, 3.05) is 7.11 Å². The monoisotopic (exact) mass is 320 g/mol. The molecule has 0 aliphatic rings. The molecule has 4 aromatic rings. The maximum Gasteiger partial charge on any atom is 0.360 e. The minimum Gasteiger partial charge on any atom is -0.505 e. The number of aromatic nitrogens is 4. The van der Waals surface area contributed by atoms with Crippen LogP contribution in [0.15, 0.2) is 48.8 Å². The third-order valence-corrected chi connectivity index (χ3v) is 3.79. The summed E-state index contributed by atoms with van der Waals surface area (Å²) < 4.78 is 5.97. The number of nitrogens with zero attached hydrogens (tertiary/aromatic N) is 4. The van der Waals surface area contributed by atoms with Gasteiger partial charge in [0.05, 0.1) is 12.8 Å². The Kier molecular flexibility index (Phi) is 3.13. The molecule has 0 saturated carbocycles. The standard InChI is InChI=1S/C17H12N4O3/c1-24-17(23)14-15(22)11-7-8-12(10-5-3-2-4-6-10)20-13(11)16-18-9-19-21(14)16/h2-9,22H,1H3. The number of aromatic hydroxyl groups is 1. The highest BCUT2D eigenvalue weighted by molar-refractivity contribution is 6.03. The van der Waals surface area contributed by atoms with E-state index in [1.54, 1.807) is 12.1 Å². The fourth-order valence-electron chi connectivity index (χ4n) is 2.66. The second kappa shape index (κ2) is 5.31. The van der Waals surface area contributed by atoms with Crippen molar-refractivity contribution >= 4 is 22.5 Å². The van der Waals surface area contributed by atoms with Crippen LogP contribution in [0.25, 0.3) is 27.8 Å². The average molecular weight is 320 g/mol. The van der Waals surface area contributed by atoms with Gasteiger partial charge < -0.3 is 9.84 Å². The molecule has 118 valence electrons. The SMILES string of the molecule is COC(=O)c1c(O)c2ccc(-c3ccccc3)nc2c2ncnn12. The Hall–Kier alpha value is -3.48. The van der Waals surface area contributed by atoms with Crippen molar-refractivity contribution in [2.24, 2.45) is 0 Å². The van der Waals surface area contributed by atoms with Crippen molar-refractivity contribution in [3.63, 3.8) is 0 Å². The van der Waals surface area contributed by atoms with Gasteiger partial charge in [0.25, 0.3) is 0 Å². The van der Waals surface area contributed by atoms with Gasteiger partial charge in [-0.2, -0.15) is 5.10 Å². The van der Waals surface area contributed by atoms with Crippen LogP contribution in [-0.4, -0.2) is 37.8 Å². The van der Waals surface area contributed by atoms with Gasteiger partial charge in [-0.1, -0.05) is 30.3 Å². The van der Waals surface area contributed by atoms with Gasteiger partial charge in [-0.3, -0.25) is 0 Å². The summed E-state index contributed by atoms with van der Waals surface area (Å²) in [5.74, 6) is -0.931. The summed E-state index contributed by atoms with van der Waals surface area (Å²) in [4.78, 5) is 20.8. The second-order valence-electron chi connectivity index (χ2n) is 5.14. The molecule has 1 aromatic carbocycles. The number of ether oxygens (including phenoxy) is 1. The number of rotatable bonds is 2. The molecule has 0 aliphatic heterocycles. The quantitative estimate of drug-likeness (QED) is 0.571. The molecule has 0 spiro atoms. The smallest absolute Gasteiger partial charge is 0.360 e. The summed E-state index contributed by atoms with van der Waals surface area (Å²) in [5, 5.41) is 14.9. The Labute approximate surface area is 136 Å². The molecule has 0 saturated heterocycles. The predicted molar refractivity (Wildman–Crippen MR) is 86.7 cm³/mol. The largest absolute Gasteiger partial charge is 0.505 e. The zero-order valence-corrected chi connectivity index (χ0v) is 12.7. The highest BCUT2D eigenvalue weighted by Gasteiger charge is 2.23. The van der Waals surface area contributed by atoms with Gasteiger partial charge in [0.2, 0.25) is 0 Å². The third-order valence-electron chi connectivity index (χ3n) is 3.79. The second-order valence-corrected chi connectivity index (χ2v) is 5.14.